The third kappa shape index (κ3) is 4.56. The van der Waals surface area contributed by atoms with Gasteiger partial charge in [0.2, 0.25) is 5.82 Å². The molecule has 0 saturated heterocycles. The molecule has 3 heterocycles. The van der Waals surface area contributed by atoms with E-state index in [0.717, 1.165) is 28.1 Å². The van der Waals surface area contributed by atoms with Gasteiger partial charge in [-0.1, -0.05) is 47.6 Å². The van der Waals surface area contributed by atoms with Crippen molar-refractivity contribution in [1.29, 1.82) is 0 Å². The van der Waals surface area contributed by atoms with Gasteiger partial charge in [-0.25, -0.2) is 4.39 Å². The van der Waals surface area contributed by atoms with Crippen LogP contribution in [0.2, 0.25) is 0 Å². The summed E-state index contributed by atoms with van der Waals surface area (Å²) in [7, 11) is 0. The van der Waals surface area contributed by atoms with Crippen LogP contribution in [0, 0.1) is 5.82 Å². The maximum Gasteiger partial charge on any atom is 0.278 e. The Morgan fingerprint density at radius 1 is 0.971 bits per heavy atom. The van der Waals surface area contributed by atoms with Crippen molar-refractivity contribution in [2.75, 3.05) is 0 Å². The third-order valence-corrected chi connectivity index (χ3v) is 5.88. The van der Waals surface area contributed by atoms with Gasteiger partial charge in [-0.05, 0) is 53.6 Å². The summed E-state index contributed by atoms with van der Waals surface area (Å²) >= 11 is 0. The van der Waals surface area contributed by atoms with E-state index in [2.05, 4.69) is 15.2 Å². The standard InChI is InChI=1S/C27H21FN4O3/c28-21-10-6-19(7-11-21)25-15-32-22(17-34-25)14-24(30-32)27-29-26(31-35-27)20-8-12-23(13-9-20)33-16-18-4-2-1-3-5-18/h1-14,25H,15-17H2/t25-/m0/s1. The van der Waals surface area contributed by atoms with Crippen LogP contribution in [-0.2, 0) is 24.5 Å². The maximum absolute atomic E-state index is 13.2. The lowest BCUT2D eigenvalue weighted by Crippen LogP contribution is -2.21. The lowest BCUT2D eigenvalue weighted by molar-refractivity contribution is -0.00116. The molecule has 0 saturated carbocycles. The summed E-state index contributed by atoms with van der Waals surface area (Å²) in [4.78, 5) is 4.53. The molecule has 2 aromatic heterocycles. The largest absolute Gasteiger partial charge is 0.489 e. The predicted octanol–water partition coefficient (Wildman–Crippen LogP) is 5.59. The normalized spacial score (nSPS) is 15.1. The zero-order valence-corrected chi connectivity index (χ0v) is 18.7. The Morgan fingerprint density at radius 3 is 2.57 bits per heavy atom. The molecule has 0 N–H and O–H groups in total. The number of aromatic nitrogens is 4. The summed E-state index contributed by atoms with van der Waals surface area (Å²) in [5.41, 5.74) is 4.33. The van der Waals surface area contributed by atoms with Gasteiger partial charge in [0.25, 0.3) is 5.89 Å². The van der Waals surface area contributed by atoms with Gasteiger partial charge in [-0.15, -0.1) is 0 Å². The van der Waals surface area contributed by atoms with E-state index in [4.69, 9.17) is 14.0 Å². The molecule has 6 rings (SSSR count). The molecule has 0 amide bonds. The molecule has 174 valence electrons. The fourth-order valence-corrected chi connectivity index (χ4v) is 3.99. The second-order valence-electron chi connectivity index (χ2n) is 8.28. The van der Waals surface area contributed by atoms with Crippen molar-refractivity contribution >= 4 is 0 Å². The van der Waals surface area contributed by atoms with Crippen LogP contribution in [0.25, 0.3) is 23.0 Å². The Kier molecular flexibility index (Phi) is 5.56. The van der Waals surface area contributed by atoms with Crippen LogP contribution in [0.1, 0.15) is 22.9 Å². The van der Waals surface area contributed by atoms with E-state index in [1.807, 2.05) is 65.3 Å². The number of benzene rings is 3. The lowest BCUT2D eigenvalue weighted by Gasteiger charge is -2.24. The van der Waals surface area contributed by atoms with Crippen molar-refractivity contribution < 1.29 is 18.4 Å². The van der Waals surface area contributed by atoms with Gasteiger partial charge >= 0.3 is 0 Å². The molecule has 0 spiro atoms. The van der Waals surface area contributed by atoms with E-state index in [1.165, 1.54) is 12.1 Å². The van der Waals surface area contributed by atoms with E-state index in [0.29, 0.717) is 37.2 Å². The van der Waals surface area contributed by atoms with Crippen molar-refractivity contribution in [3.8, 4) is 28.7 Å². The first-order chi connectivity index (χ1) is 17.2. The number of nitrogens with zero attached hydrogens (tertiary/aromatic N) is 4. The first kappa shape index (κ1) is 21.2. The molecule has 8 heteroatoms. The second-order valence-corrected chi connectivity index (χ2v) is 8.28. The van der Waals surface area contributed by atoms with E-state index in [9.17, 15) is 4.39 Å². The number of ether oxygens (including phenoxy) is 2. The van der Waals surface area contributed by atoms with Crippen LogP contribution in [0.5, 0.6) is 5.75 Å². The highest BCUT2D eigenvalue weighted by Crippen LogP contribution is 2.30. The highest BCUT2D eigenvalue weighted by molar-refractivity contribution is 5.59. The van der Waals surface area contributed by atoms with Crippen molar-refractivity contribution in [2.45, 2.75) is 25.9 Å². The van der Waals surface area contributed by atoms with Crippen LogP contribution in [0.4, 0.5) is 4.39 Å². The monoisotopic (exact) mass is 468 g/mol. The van der Waals surface area contributed by atoms with Crippen molar-refractivity contribution in [1.82, 2.24) is 19.9 Å². The quantitative estimate of drug-likeness (QED) is 0.323. The Balaban J connectivity index is 1.14. The maximum atomic E-state index is 13.2. The minimum absolute atomic E-state index is 0.197. The van der Waals surface area contributed by atoms with Crippen LogP contribution in [0.15, 0.2) is 89.5 Å². The summed E-state index contributed by atoms with van der Waals surface area (Å²) in [6, 6.07) is 25.8. The van der Waals surface area contributed by atoms with Crippen LogP contribution in [0.3, 0.4) is 0 Å². The van der Waals surface area contributed by atoms with Gasteiger partial charge in [-0.2, -0.15) is 10.1 Å². The van der Waals surface area contributed by atoms with E-state index < -0.39 is 0 Å². The average Bonchev–Trinajstić information content (AvgIpc) is 3.56. The second kappa shape index (κ2) is 9.15. The molecule has 1 aliphatic rings. The van der Waals surface area contributed by atoms with Gasteiger partial charge in [0.1, 0.15) is 24.3 Å². The molecular weight excluding hydrogens is 447 g/mol. The first-order valence-corrected chi connectivity index (χ1v) is 11.3. The molecular formula is C27H21FN4O3. The van der Waals surface area contributed by atoms with E-state index in [-0.39, 0.29) is 11.9 Å². The molecule has 3 aromatic carbocycles. The zero-order valence-electron chi connectivity index (χ0n) is 18.7. The Bertz CT molecular complexity index is 1430. The molecule has 0 unspecified atom stereocenters. The van der Waals surface area contributed by atoms with Crippen molar-refractivity contribution in [3.63, 3.8) is 0 Å². The number of halogens is 1. The van der Waals surface area contributed by atoms with Gasteiger partial charge in [0.05, 0.1) is 18.8 Å². The topological polar surface area (TPSA) is 75.2 Å². The van der Waals surface area contributed by atoms with Gasteiger partial charge in [0.15, 0.2) is 5.69 Å². The first-order valence-electron chi connectivity index (χ1n) is 11.3. The highest BCUT2D eigenvalue weighted by atomic mass is 19.1. The Morgan fingerprint density at radius 2 is 1.77 bits per heavy atom. The van der Waals surface area contributed by atoms with Crippen molar-refractivity contribution in [3.05, 3.63) is 108 Å². The highest BCUT2D eigenvalue weighted by Gasteiger charge is 2.24. The van der Waals surface area contributed by atoms with Gasteiger partial charge < -0.3 is 14.0 Å². The molecule has 35 heavy (non-hydrogen) atoms. The molecule has 7 nitrogen and oxygen atoms in total. The van der Waals surface area contributed by atoms with Crippen molar-refractivity contribution in [2.24, 2.45) is 0 Å². The summed E-state index contributed by atoms with van der Waals surface area (Å²) in [5, 5.41) is 8.76. The number of hydrogen-bond donors (Lipinski definition) is 0. The van der Waals surface area contributed by atoms with Crippen LogP contribution >= 0.6 is 0 Å². The van der Waals surface area contributed by atoms with E-state index >= 15 is 0 Å². The van der Waals surface area contributed by atoms with Gasteiger partial charge in [-0.3, -0.25) is 4.68 Å². The summed E-state index contributed by atoms with van der Waals surface area (Å²) in [6.45, 7) is 1.41. The van der Waals surface area contributed by atoms with Crippen LogP contribution < -0.4 is 4.74 Å². The van der Waals surface area contributed by atoms with Gasteiger partial charge in [0, 0.05) is 5.56 Å². The lowest BCUT2D eigenvalue weighted by atomic mass is 10.1. The Labute approximate surface area is 200 Å². The summed E-state index contributed by atoms with van der Waals surface area (Å²) in [6.07, 6.45) is -0.197. The van der Waals surface area contributed by atoms with E-state index in [1.54, 1.807) is 12.1 Å². The SMILES string of the molecule is Fc1ccc([C@@H]2Cn3nc(-c4nc(-c5ccc(OCc6ccccc6)cc5)no4)cc3CO2)cc1. The fourth-order valence-electron chi connectivity index (χ4n) is 3.99. The summed E-state index contributed by atoms with van der Waals surface area (Å²) in [5.74, 6) is 1.30. The molecule has 0 aliphatic carbocycles. The third-order valence-electron chi connectivity index (χ3n) is 5.88. The molecule has 1 aliphatic heterocycles. The number of fused-ring (bicyclic) bond motifs is 1. The Hall–Kier alpha value is -4.30. The summed E-state index contributed by atoms with van der Waals surface area (Å²) < 4.78 is 32.4. The van der Waals surface area contributed by atoms with Crippen LogP contribution in [-0.4, -0.2) is 19.9 Å². The number of rotatable bonds is 6. The average molecular weight is 468 g/mol. The minimum atomic E-state index is -0.270. The molecule has 0 bridgehead atoms. The fraction of sp³-hybridized carbons (Fsp3) is 0.148. The number of hydrogen-bond acceptors (Lipinski definition) is 6. The molecule has 0 radical (unpaired) electrons. The predicted molar refractivity (Wildman–Crippen MR) is 126 cm³/mol. The zero-order chi connectivity index (χ0) is 23.6. The smallest absolute Gasteiger partial charge is 0.278 e. The molecule has 1 atom stereocenters. The minimum Gasteiger partial charge on any atom is -0.489 e. The molecule has 0 fully saturated rings. The molecule has 5 aromatic rings.